The summed E-state index contributed by atoms with van der Waals surface area (Å²) in [6, 6.07) is 9.77. The number of hydrogen-bond acceptors (Lipinski definition) is 4. The molecule has 0 bridgehead atoms. The van der Waals surface area contributed by atoms with Gasteiger partial charge in [0.15, 0.2) is 0 Å². The molecule has 1 saturated heterocycles. The van der Waals surface area contributed by atoms with Gasteiger partial charge in [0, 0.05) is 13.1 Å². The Morgan fingerprint density at radius 3 is 2.83 bits per heavy atom. The van der Waals surface area contributed by atoms with Crippen LogP contribution in [0.5, 0.6) is 5.75 Å². The lowest BCUT2D eigenvalue weighted by atomic mass is 10.2. The van der Waals surface area contributed by atoms with E-state index < -0.39 is 0 Å². The molecule has 4 heteroatoms. The molecule has 0 amide bonds. The van der Waals surface area contributed by atoms with Gasteiger partial charge < -0.3 is 19.5 Å². The van der Waals surface area contributed by atoms with Crippen molar-refractivity contribution in [3.63, 3.8) is 0 Å². The van der Waals surface area contributed by atoms with Crippen LogP contribution in [-0.2, 0) is 9.47 Å². The Morgan fingerprint density at radius 1 is 1.22 bits per heavy atom. The molecule has 0 saturated carbocycles. The van der Waals surface area contributed by atoms with Gasteiger partial charge in [0.2, 0.25) is 0 Å². The molecule has 0 spiro atoms. The minimum Gasteiger partial charge on any atom is -0.491 e. The number of ether oxygens (including phenoxy) is 3. The van der Waals surface area contributed by atoms with Crippen LogP contribution in [0.1, 0.15) is 6.92 Å². The van der Waals surface area contributed by atoms with E-state index in [0.29, 0.717) is 19.8 Å². The maximum absolute atomic E-state index is 5.72. The molecule has 0 radical (unpaired) electrons. The van der Waals surface area contributed by atoms with Crippen LogP contribution in [0.2, 0.25) is 0 Å². The van der Waals surface area contributed by atoms with Crippen molar-refractivity contribution in [2.45, 2.75) is 19.1 Å². The lowest BCUT2D eigenvalue weighted by Gasteiger charge is -2.28. The van der Waals surface area contributed by atoms with Crippen LogP contribution < -0.4 is 10.1 Å². The average molecular weight is 251 g/mol. The Hall–Kier alpha value is -1.10. The van der Waals surface area contributed by atoms with E-state index in [4.69, 9.17) is 14.2 Å². The molecule has 0 aliphatic carbocycles. The van der Waals surface area contributed by atoms with Gasteiger partial charge in [-0.15, -0.1) is 0 Å². The first-order valence-corrected chi connectivity index (χ1v) is 6.46. The second-order valence-electron chi connectivity index (χ2n) is 4.46. The van der Waals surface area contributed by atoms with E-state index in [9.17, 15) is 0 Å². The fourth-order valence-electron chi connectivity index (χ4n) is 1.92. The summed E-state index contributed by atoms with van der Waals surface area (Å²) in [5, 5.41) is 3.32. The van der Waals surface area contributed by atoms with Crippen LogP contribution >= 0.6 is 0 Å². The standard InChI is InChI=1S/C14H21NO3/c1-12-9-15-10-14(18-12)11-16-7-8-17-13-5-3-2-4-6-13/h2-6,12,14-15H,7-11H2,1H3. The maximum Gasteiger partial charge on any atom is 0.119 e. The zero-order chi connectivity index (χ0) is 12.6. The van der Waals surface area contributed by atoms with Crippen molar-refractivity contribution in [3.05, 3.63) is 30.3 Å². The van der Waals surface area contributed by atoms with E-state index in [1.807, 2.05) is 30.3 Å². The van der Waals surface area contributed by atoms with Crippen LogP contribution in [0.4, 0.5) is 0 Å². The van der Waals surface area contributed by atoms with Gasteiger partial charge in [-0.1, -0.05) is 18.2 Å². The van der Waals surface area contributed by atoms with E-state index in [0.717, 1.165) is 18.8 Å². The average Bonchev–Trinajstić information content (AvgIpc) is 2.40. The van der Waals surface area contributed by atoms with Gasteiger partial charge in [0.1, 0.15) is 12.4 Å². The molecule has 1 heterocycles. The molecule has 1 N–H and O–H groups in total. The fourth-order valence-corrected chi connectivity index (χ4v) is 1.92. The molecule has 1 fully saturated rings. The van der Waals surface area contributed by atoms with Crippen LogP contribution in [0.15, 0.2) is 30.3 Å². The predicted octanol–water partition coefficient (Wildman–Crippen LogP) is 1.46. The molecule has 1 aliphatic rings. The summed E-state index contributed by atoms with van der Waals surface area (Å²) >= 11 is 0. The maximum atomic E-state index is 5.72. The van der Waals surface area contributed by atoms with Gasteiger partial charge in [-0.3, -0.25) is 0 Å². The lowest BCUT2D eigenvalue weighted by molar-refractivity contribution is -0.0709. The number of para-hydroxylation sites is 1. The highest BCUT2D eigenvalue weighted by Crippen LogP contribution is 2.08. The van der Waals surface area contributed by atoms with Gasteiger partial charge in [0.05, 0.1) is 25.4 Å². The van der Waals surface area contributed by atoms with Crippen LogP contribution in [0, 0.1) is 0 Å². The number of benzene rings is 1. The van der Waals surface area contributed by atoms with Crippen molar-refractivity contribution in [2.24, 2.45) is 0 Å². The summed E-state index contributed by atoms with van der Waals surface area (Å²) in [5.41, 5.74) is 0. The highest BCUT2D eigenvalue weighted by molar-refractivity contribution is 5.20. The first-order valence-electron chi connectivity index (χ1n) is 6.46. The monoisotopic (exact) mass is 251 g/mol. The van der Waals surface area contributed by atoms with Gasteiger partial charge in [-0.2, -0.15) is 0 Å². The van der Waals surface area contributed by atoms with Gasteiger partial charge in [-0.05, 0) is 19.1 Å². The molecular weight excluding hydrogens is 230 g/mol. The second kappa shape index (κ2) is 7.36. The smallest absolute Gasteiger partial charge is 0.119 e. The molecule has 2 atom stereocenters. The van der Waals surface area contributed by atoms with Gasteiger partial charge >= 0.3 is 0 Å². The van der Waals surface area contributed by atoms with Crippen molar-refractivity contribution in [2.75, 3.05) is 32.9 Å². The van der Waals surface area contributed by atoms with Crippen molar-refractivity contribution in [3.8, 4) is 5.75 Å². The number of nitrogens with one attached hydrogen (secondary N) is 1. The number of hydrogen-bond donors (Lipinski definition) is 1. The molecule has 2 unspecified atom stereocenters. The Labute approximate surface area is 108 Å². The third-order valence-corrected chi connectivity index (χ3v) is 2.77. The quantitative estimate of drug-likeness (QED) is 0.777. The minimum absolute atomic E-state index is 0.158. The Kier molecular flexibility index (Phi) is 5.45. The Bertz CT molecular complexity index is 331. The first-order chi connectivity index (χ1) is 8.84. The molecule has 18 heavy (non-hydrogen) atoms. The number of morpholine rings is 1. The molecule has 2 rings (SSSR count). The summed E-state index contributed by atoms with van der Waals surface area (Å²) in [6.45, 7) is 5.63. The van der Waals surface area contributed by atoms with Crippen molar-refractivity contribution < 1.29 is 14.2 Å². The summed E-state index contributed by atoms with van der Waals surface area (Å²) in [7, 11) is 0. The summed E-state index contributed by atoms with van der Waals surface area (Å²) < 4.78 is 16.8. The molecule has 4 nitrogen and oxygen atoms in total. The lowest BCUT2D eigenvalue weighted by Crippen LogP contribution is -2.45. The molecule has 1 aliphatic heterocycles. The molecule has 100 valence electrons. The van der Waals surface area contributed by atoms with Crippen molar-refractivity contribution >= 4 is 0 Å². The molecule has 1 aromatic rings. The molecular formula is C14H21NO3. The largest absolute Gasteiger partial charge is 0.491 e. The van der Waals surface area contributed by atoms with Crippen molar-refractivity contribution in [1.82, 2.24) is 5.32 Å². The Balaban J connectivity index is 1.53. The Morgan fingerprint density at radius 2 is 2.06 bits per heavy atom. The summed E-state index contributed by atoms with van der Waals surface area (Å²) in [6.07, 6.45) is 0.429. The third-order valence-electron chi connectivity index (χ3n) is 2.77. The van der Waals surface area contributed by atoms with Crippen LogP contribution in [-0.4, -0.2) is 45.1 Å². The summed E-state index contributed by atoms with van der Waals surface area (Å²) in [4.78, 5) is 0. The third kappa shape index (κ3) is 4.64. The topological polar surface area (TPSA) is 39.7 Å². The van der Waals surface area contributed by atoms with E-state index in [1.54, 1.807) is 0 Å². The van der Waals surface area contributed by atoms with Crippen LogP contribution in [0.25, 0.3) is 0 Å². The van der Waals surface area contributed by atoms with Gasteiger partial charge in [-0.25, -0.2) is 0 Å². The predicted molar refractivity (Wildman–Crippen MR) is 70.0 cm³/mol. The van der Waals surface area contributed by atoms with E-state index in [-0.39, 0.29) is 12.2 Å². The second-order valence-corrected chi connectivity index (χ2v) is 4.46. The fraction of sp³-hybridized carbons (Fsp3) is 0.571. The highest BCUT2D eigenvalue weighted by atomic mass is 16.6. The zero-order valence-electron chi connectivity index (χ0n) is 10.8. The van der Waals surface area contributed by atoms with E-state index >= 15 is 0 Å². The zero-order valence-corrected chi connectivity index (χ0v) is 10.8. The number of rotatable bonds is 6. The SMILES string of the molecule is CC1CNCC(COCCOc2ccccc2)O1. The van der Waals surface area contributed by atoms with Crippen LogP contribution in [0.3, 0.4) is 0 Å². The van der Waals surface area contributed by atoms with Crippen molar-refractivity contribution in [1.29, 1.82) is 0 Å². The van der Waals surface area contributed by atoms with E-state index in [2.05, 4.69) is 12.2 Å². The highest BCUT2D eigenvalue weighted by Gasteiger charge is 2.18. The van der Waals surface area contributed by atoms with Gasteiger partial charge in [0.25, 0.3) is 0 Å². The molecule has 1 aromatic carbocycles. The first kappa shape index (κ1) is 13.3. The normalized spacial score (nSPS) is 23.8. The molecule has 0 aromatic heterocycles. The summed E-state index contributed by atoms with van der Waals surface area (Å²) in [5.74, 6) is 0.880. The minimum atomic E-state index is 0.158. The van der Waals surface area contributed by atoms with E-state index in [1.165, 1.54) is 0 Å².